The maximum Gasteiger partial charge on any atom is 0.255 e. The van der Waals surface area contributed by atoms with Crippen molar-refractivity contribution in [3.63, 3.8) is 0 Å². The number of carbonyl (C=O) groups is 1. The third kappa shape index (κ3) is 5.49. The Kier molecular flexibility index (Phi) is 7.96. The van der Waals surface area contributed by atoms with Crippen LogP contribution in [0.1, 0.15) is 42.6 Å². The normalized spacial score (nSPS) is 10.4. The minimum atomic E-state index is -0.202. The SMILES string of the molecule is CCCCOCc1cc(C(=O)Nc2ccccc2OC)ccc1OCC. The van der Waals surface area contributed by atoms with Gasteiger partial charge in [0.25, 0.3) is 5.91 Å². The molecule has 26 heavy (non-hydrogen) atoms. The molecule has 0 heterocycles. The van der Waals surface area contributed by atoms with E-state index in [0.29, 0.717) is 36.8 Å². The molecule has 2 aromatic carbocycles. The molecule has 0 aliphatic heterocycles. The molecule has 0 fully saturated rings. The number of rotatable bonds is 10. The van der Waals surface area contributed by atoms with Crippen molar-refractivity contribution in [2.24, 2.45) is 0 Å². The molecule has 0 aliphatic rings. The van der Waals surface area contributed by atoms with Gasteiger partial charge < -0.3 is 19.5 Å². The zero-order valence-electron chi connectivity index (χ0n) is 15.7. The van der Waals surface area contributed by atoms with Crippen LogP contribution in [0.25, 0.3) is 0 Å². The van der Waals surface area contributed by atoms with E-state index in [0.717, 1.165) is 24.2 Å². The summed E-state index contributed by atoms with van der Waals surface area (Å²) in [5.74, 6) is 1.17. The molecule has 1 amide bonds. The third-order valence-corrected chi connectivity index (χ3v) is 3.88. The summed E-state index contributed by atoms with van der Waals surface area (Å²) in [5.41, 5.74) is 2.05. The highest BCUT2D eigenvalue weighted by Gasteiger charge is 2.13. The Balaban J connectivity index is 2.15. The number of hydrogen-bond donors (Lipinski definition) is 1. The second-order valence-corrected chi connectivity index (χ2v) is 5.82. The van der Waals surface area contributed by atoms with Crippen LogP contribution in [0.3, 0.4) is 0 Å². The molecule has 0 aromatic heterocycles. The van der Waals surface area contributed by atoms with Crippen molar-refractivity contribution in [2.75, 3.05) is 25.6 Å². The summed E-state index contributed by atoms with van der Waals surface area (Å²) in [5, 5.41) is 2.89. The van der Waals surface area contributed by atoms with Crippen molar-refractivity contribution >= 4 is 11.6 Å². The lowest BCUT2D eigenvalue weighted by Crippen LogP contribution is -2.13. The first-order valence-corrected chi connectivity index (χ1v) is 8.97. The summed E-state index contributed by atoms with van der Waals surface area (Å²) in [6.45, 7) is 5.74. The maximum absolute atomic E-state index is 12.6. The monoisotopic (exact) mass is 357 g/mol. The number of para-hydroxylation sites is 2. The van der Waals surface area contributed by atoms with Gasteiger partial charge in [0.15, 0.2) is 0 Å². The van der Waals surface area contributed by atoms with Crippen molar-refractivity contribution in [1.29, 1.82) is 0 Å². The molecule has 0 spiro atoms. The van der Waals surface area contributed by atoms with Crippen LogP contribution in [0.4, 0.5) is 5.69 Å². The van der Waals surface area contributed by atoms with E-state index in [1.807, 2.05) is 31.2 Å². The molecular weight excluding hydrogens is 330 g/mol. The molecule has 0 aliphatic carbocycles. The Morgan fingerprint density at radius 1 is 1.08 bits per heavy atom. The fraction of sp³-hybridized carbons (Fsp3) is 0.381. The number of unbranched alkanes of at least 4 members (excludes halogenated alkanes) is 1. The van der Waals surface area contributed by atoms with Crippen LogP contribution in [-0.2, 0) is 11.3 Å². The van der Waals surface area contributed by atoms with E-state index >= 15 is 0 Å². The molecular formula is C21H27NO4. The molecule has 5 nitrogen and oxygen atoms in total. The number of amides is 1. The molecule has 140 valence electrons. The Bertz CT molecular complexity index is 715. The van der Waals surface area contributed by atoms with Gasteiger partial charge >= 0.3 is 0 Å². The van der Waals surface area contributed by atoms with E-state index in [2.05, 4.69) is 12.2 Å². The number of nitrogens with one attached hydrogen (secondary N) is 1. The highest BCUT2D eigenvalue weighted by molar-refractivity contribution is 6.05. The number of methoxy groups -OCH3 is 1. The lowest BCUT2D eigenvalue weighted by molar-refractivity contribution is 0.102. The van der Waals surface area contributed by atoms with Crippen LogP contribution >= 0.6 is 0 Å². The second-order valence-electron chi connectivity index (χ2n) is 5.82. The number of anilines is 1. The van der Waals surface area contributed by atoms with Crippen molar-refractivity contribution in [1.82, 2.24) is 0 Å². The van der Waals surface area contributed by atoms with E-state index < -0.39 is 0 Å². The molecule has 0 unspecified atom stereocenters. The van der Waals surface area contributed by atoms with E-state index in [4.69, 9.17) is 14.2 Å². The van der Waals surface area contributed by atoms with Gasteiger partial charge in [-0.2, -0.15) is 0 Å². The van der Waals surface area contributed by atoms with Crippen molar-refractivity contribution in [3.05, 3.63) is 53.6 Å². The summed E-state index contributed by atoms with van der Waals surface area (Å²) in [7, 11) is 1.58. The lowest BCUT2D eigenvalue weighted by Gasteiger charge is -2.14. The summed E-state index contributed by atoms with van der Waals surface area (Å²) >= 11 is 0. The Hall–Kier alpha value is -2.53. The predicted octanol–water partition coefficient (Wildman–Crippen LogP) is 4.66. The van der Waals surface area contributed by atoms with E-state index in [1.165, 1.54) is 0 Å². The minimum Gasteiger partial charge on any atom is -0.495 e. The van der Waals surface area contributed by atoms with Gasteiger partial charge in [0.2, 0.25) is 0 Å². The summed E-state index contributed by atoms with van der Waals surface area (Å²) in [6, 6.07) is 12.7. The van der Waals surface area contributed by atoms with E-state index in [9.17, 15) is 4.79 Å². The number of ether oxygens (including phenoxy) is 3. The summed E-state index contributed by atoms with van der Waals surface area (Å²) in [4.78, 5) is 12.6. The molecule has 2 aromatic rings. The highest BCUT2D eigenvalue weighted by Crippen LogP contribution is 2.25. The number of benzene rings is 2. The number of carbonyl (C=O) groups excluding carboxylic acids is 1. The van der Waals surface area contributed by atoms with Crippen molar-refractivity contribution in [2.45, 2.75) is 33.3 Å². The van der Waals surface area contributed by atoms with Crippen LogP contribution in [0, 0.1) is 0 Å². The van der Waals surface area contributed by atoms with Gasteiger partial charge in [-0.15, -0.1) is 0 Å². The summed E-state index contributed by atoms with van der Waals surface area (Å²) < 4.78 is 16.6. The van der Waals surface area contributed by atoms with Gasteiger partial charge in [-0.05, 0) is 43.7 Å². The molecule has 1 N–H and O–H groups in total. The topological polar surface area (TPSA) is 56.8 Å². The Morgan fingerprint density at radius 2 is 1.88 bits per heavy atom. The van der Waals surface area contributed by atoms with Crippen molar-refractivity contribution in [3.8, 4) is 11.5 Å². The Morgan fingerprint density at radius 3 is 2.62 bits per heavy atom. The first kappa shape index (κ1) is 19.8. The van der Waals surface area contributed by atoms with Crippen LogP contribution in [0.2, 0.25) is 0 Å². The average molecular weight is 357 g/mol. The number of hydrogen-bond acceptors (Lipinski definition) is 4. The quantitative estimate of drug-likeness (QED) is 0.628. The van der Waals surface area contributed by atoms with Crippen LogP contribution < -0.4 is 14.8 Å². The molecule has 2 rings (SSSR count). The molecule has 0 radical (unpaired) electrons. The van der Waals surface area contributed by atoms with Gasteiger partial charge in [-0.1, -0.05) is 25.5 Å². The van der Waals surface area contributed by atoms with Crippen LogP contribution in [0.15, 0.2) is 42.5 Å². The maximum atomic E-state index is 12.6. The van der Waals surface area contributed by atoms with Gasteiger partial charge in [-0.3, -0.25) is 4.79 Å². The van der Waals surface area contributed by atoms with E-state index in [-0.39, 0.29) is 5.91 Å². The first-order chi connectivity index (χ1) is 12.7. The first-order valence-electron chi connectivity index (χ1n) is 8.97. The van der Waals surface area contributed by atoms with Crippen LogP contribution in [-0.4, -0.2) is 26.2 Å². The van der Waals surface area contributed by atoms with Gasteiger partial charge in [0.1, 0.15) is 11.5 Å². The largest absolute Gasteiger partial charge is 0.495 e. The Labute approximate surface area is 155 Å². The zero-order valence-corrected chi connectivity index (χ0v) is 15.7. The predicted molar refractivity (Wildman–Crippen MR) is 103 cm³/mol. The van der Waals surface area contributed by atoms with Crippen molar-refractivity contribution < 1.29 is 19.0 Å². The van der Waals surface area contributed by atoms with Gasteiger partial charge in [0.05, 0.1) is 26.0 Å². The molecule has 0 saturated heterocycles. The fourth-order valence-corrected chi connectivity index (χ4v) is 2.50. The lowest BCUT2D eigenvalue weighted by atomic mass is 10.1. The molecule has 0 saturated carbocycles. The average Bonchev–Trinajstić information content (AvgIpc) is 2.67. The smallest absolute Gasteiger partial charge is 0.255 e. The molecule has 5 heteroatoms. The fourth-order valence-electron chi connectivity index (χ4n) is 2.50. The third-order valence-electron chi connectivity index (χ3n) is 3.88. The molecule has 0 atom stereocenters. The standard InChI is InChI=1S/C21H27NO4/c1-4-6-13-25-15-17-14-16(11-12-19(17)26-5-2)21(23)22-18-9-7-8-10-20(18)24-3/h7-12,14H,4-6,13,15H2,1-3H3,(H,22,23). The van der Waals surface area contributed by atoms with E-state index in [1.54, 1.807) is 25.3 Å². The van der Waals surface area contributed by atoms with Crippen LogP contribution in [0.5, 0.6) is 11.5 Å². The second kappa shape index (κ2) is 10.5. The molecule has 0 bridgehead atoms. The van der Waals surface area contributed by atoms with Gasteiger partial charge in [-0.25, -0.2) is 0 Å². The minimum absolute atomic E-state index is 0.202. The summed E-state index contributed by atoms with van der Waals surface area (Å²) in [6.07, 6.45) is 2.09. The zero-order chi connectivity index (χ0) is 18.8. The highest BCUT2D eigenvalue weighted by atomic mass is 16.5. The van der Waals surface area contributed by atoms with Gasteiger partial charge in [0, 0.05) is 17.7 Å².